The van der Waals surface area contributed by atoms with Gasteiger partial charge in [-0.3, -0.25) is 9.69 Å². The molecular weight excluding hydrogens is 280 g/mol. The van der Waals surface area contributed by atoms with Crippen molar-refractivity contribution in [3.05, 3.63) is 23.8 Å². The van der Waals surface area contributed by atoms with Gasteiger partial charge in [0, 0.05) is 0 Å². The highest BCUT2D eigenvalue weighted by molar-refractivity contribution is 6.06. The van der Waals surface area contributed by atoms with Crippen LogP contribution in [0.3, 0.4) is 0 Å². The van der Waals surface area contributed by atoms with Crippen LogP contribution in [0.2, 0.25) is 0 Å². The lowest BCUT2D eigenvalue weighted by Gasteiger charge is -2.33. The van der Waals surface area contributed by atoms with Crippen LogP contribution in [0.1, 0.15) is 32.8 Å². The molecule has 0 saturated carbocycles. The van der Waals surface area contributed by atoms with E-state index < -0.39 is 6.04 Å². The average molecular weight is 304 g/mol. The predicted molar refractivity (Wildman–Crippen MR) is 87.0 cm³/mol. The lowest BCUT2D eigenvalue weighted by atomic mass is 10.1. The van der Waals surface area contributed by atoms with Crippen molar-refractivity contribution in [2.75, 3.05) is 23.4 Å². The number of carbonyl (C=O) groups excluding carboxylic acids is 2. The molecule has 0 aromatic heterocycles. The number of anilines is 2. The number of nitrogens with zero attached hydrogens (tertiary/aromatic N) is 1. The van der Waals surface area contributed by atoms with Gasteiger partial charge in [-0.2, -0.15) is 0 Å². The van der Waals surface area contributed by atoms with Crippen molar-refractivity contribution in [1.29, 1.82) is 0 Å². The first kappa shape index (κ1) is 16.3. The molecule has 1 amide bonds. The molecule has 2 rings (SSSR count). The Morgan fingerprint density at radius 3 is 2.77 bits per heavy atom. The lowest BCUT2D eigenvalue weighted by molar-refractivity contribution is -0.146. The van der Waals surface area contributed by atoms with Crippen LogP contribution in [0.15, 0.2) is 18.2 Å². The number of esters is 1. The maximum Gasteiger partial charge on any atom is 0.328 e. The molecule has 5 nitrogen and oxygen atoms in total. The zero-order valence-corrected chi connectivity index (χ0v) is 13.7. The van der Waals surface area contributed by atoms with E-state index in [1.807, 2.05) is 25.1 Å². The smallest absolute Gasteiger partial charge is 0.328 e. The fourth-order valence-electron chi connectivity index (χ4n) is 2.44. The van der Waals surface area contributed by atoms with Crippen molar-refractivity contribution < 1.29 is 14.3 Å². The van der Waals surface area contributed by atoms with Crippen LogP contribution in [0.5, 0.6) is 0 Å². The number of aryl methyl sites for hydroxylation is 1. The molecule has 120 valence electrons. The molecule has 1 heterocycles. The molecule has 1 unspecified atom stereocenters. The predicted octanol–water partition coefficient (Wildman–Crippen LogP) is 2.73. The van der Waals surface area contributed by atoms with E-state index in [9.17, 15) is 9.59 Å². The molecule has 1 aromatic carbocycles. The Morgan fingerprint density at radius 1 is 1.36 bits per heavy atom. The Labute approximate surface area is 131 Å². The zero-order chi connectivity index (χ0) is 16.3. The van der Waals surface area contributed by atoms with Gasteiger partial charge in [-0.05, 0) is 43.9 Å². The first-order chi connectivity index (χ1) is 10.4. The summed E-state index contributed by atoms with van der Waals surface area (Å²) < 4.78 is 5.30. The molecule has 0 aliphatic carbocycles. The highest BCUT2D eigenvalue weighted by Gasteiger charge is 2.32. The molecule has 1 aromatic rings. The maximum absolute atomic E-state index is 12.2. The van der Waals surface area contributed by atoms with Crippen LogP contribution in [-0.2, 0) is 14.3 Å². The Kier molecular flexibility index (Phi) is 5.06. The fraction of sp³-hybridized carbons (Fsp3) is 0.529. The molecular formula is C17H24N2O3. The molecule has 1 atom stereocenters. The summed E-state index contributed by atoms with van der Waals surface area (Å²) in [4.78, 5) is 26.0. The minimum atomic E-state index is -0.622. The number of ether oxygens (including phenoxy) is 1. The molecule has 0 bridgehead atoms. The van der Waals surface area contributed by atoms with Crippen molar-refractivity contribution in [1.82, 2.24) is 0 Å². The molecule has 0 fully saturated rings. The SMILES string of the molecule is Cc1ccc2c(c1)NCC(=O)N2C(C)C(=O)OCCC(C)C. The molecule has 1 N–H and O–H groups in total. The summed E-state index contributed by atoms with van der Waals surface area (Å²) in [5.74, 6) is -0.000265. The van der Waals surface area contributed by atoms with E-state index in [1.54, 1.807) is 6.92 Å². The van der Waals surface area contributed by atoms with Gasteiger partial charge >= 0.3 is 5.97 Å². The molecule has 22 heavy (non-hydrogen) atoms. The van der Waals surface area contributed by atoms with E-state index in [0.29, 0.717) is 12.5 Å². The molecule has 1 aliphatic heterocycles. The minimum absolute atomic E-state index is 0.121. The van der Waals surface area contributed by atoms with Gasteiger partial charge < -0.3 is 10.1 Å². The Bertz CT molecular complexity index is 569. The number of fused-ring (bicyclic) bond motifs is 1. The van der Waals surface area contributed by atoms with Crippen LogP contribution in [0.4, 0.5) is 11.4 Å². The number of nitrogens with one attached hydrogen (secondary N) is 1. The first-order valence-corrected chi connectivity index (χ1v) is 7.73. The van der Waals surface area contributed by atoms with Crippen LogP contribution >= 0.6 is 0 Å². The summed E-state index contributed by atoms with van der Waals surface area (Å²) in [6.07, 6.45) is 0.823. The Hall–Kier alpha value is -2.04. The van der Waals surface area contributed by atoms with Crippen molar-refractivity contribution in [2.45, 2.75) is 40.2 Å². The van der Waals surface area contributed by atoms with Crippen LogP contribution in [0.25, 0.3) is 0 Å². The summed E-state index contributed by atoms with van der Waals surface area (Å²) >= 11 is 0. The molecule has 1 aliphatic rings. The topological polar surface area (TPSA) is 58.6 Å². The van der Waals surface area contributed by atoms with Crippen LogP contribution < -0.4 is 10.2 Å². The first-order valence-electron chi connectivity index (χ1n) is 7.73. The number of carbonyl (C=O) groups is 2. The van der Waals surface area contributed by atoms with E-state index in [2.05, 4.69) is 19.2 Å². The van der Waals surface area contributed by atoms with Crippen molar-refractivity contribution in [3.63, 3.8) is 0 Å². The van der Waals surface area contributed by atoms with Gasteiger partial charge in [0.15, 0.2) is 0 Å². The summed E-state index contributed by atoms with van der Waals surface area (Å²) in [5.41, 5.74) is 2.71. The fourth-order valence-corrected chi connectivity index (χ4v) is 2.44. The lowest BCUT2D eigenvalue weighted by Crippen LogP contribution is -2.49. The van der Waals surface area contributed by atoms with Gasteiger partial charge in [0.1, 0.15) is 6.04 Å². The third-order valence-electron chi connectivity index (χ3n) is 3.78. The average Bonchev–Trinajstić information content (AvgIpc) is 2.46. The van der Waals surface area contributed by atoms with Crippen molar-refractivity contribution >= 4 is 23.3 Å². The van der Waals surface area contributed by atoms with Gasteiger partial charge in [-0.1, -0.05) is 19.9 Å². The summed E-state index contributed by atoms with van der Waals surface area (Å²) in [5, 5.41) is 3.09. The largest absolute Gasteiger partial charge is 0.464 e. The summed E-state index contributed by atoms with van der Waals surface area (Å²) in [7, 11) is 0. The molecule has 0 saturated heterocycles. The van der Waals surface area contributed by atoms with Gasteiger partial charge in [-0.15, -0.1) is 0 Å². The normalized spacial score (nSPS) is 15.3. The number of benzene rings is 1. The number of amides is 1. The standard InChI is InChI=1S/C17H24N2O3/c1-11(2)7-8-22-17(21)13(4)19-15-6-5-12(3)9-14(15)18-10-16(19)20/h5-6,9,11,13,18H,7-8,10H2,1-4H3. The second-order valence-electron chi connectivity index (χ2n) is 6.16. The van der Waals surface area contributed by atoms with E-state index in [4.69, 9.17) is 4.74 Å². The highest BCUT2D eigenvalue weighted by Crippen LogP contribution is 2.32. The number of hydrogen-bond donors (Lipinski definition) is 1. The third-order valence-corrected chi connectivity index (χ3v) is 3.78. The quantitative estimate of drug-likeness (QED) is 0.850. The highest BCUT2D eigenvalue weighted by atomic mass is 16.5. The van der Waals surface area contributed by atoms with E-state index >= 15 is 0 Å². The second kappa shape index (κ2) is 6.81. The van der Waals surface area contributed by atoms with E-state index in [1.165, 1.54) is 4.90 Å². The third kappa shape index (κ3) is 3.59. The second-order valence-corrected chi connectivity index (χ2v) is 6.16. The Balaban J connectivity index is 2.13. The van der Waals surface area contributed by atoms with Crippen LogP contribution in [0, 0.1) is 12.8 Å². The maximum atomic E-state index is 12.2. The Morgan fingerprint density at radius 2 is 2.09 bits per heavy atom. The van der Waals surface area contributed by atoms with Gasteiger partial charge in [0.2, 0.25) is 5.91 Å². The molecule has 5 heteroatoms. The van der Waals surface area contributed by atoms with Crippen LogP contribution in [-0.4, -0.2) is 31.1 Å². The van der Waals surface area contributed by atoms with Crippen molar-refractivity contribution in [3.8, 4) is 0 Å². The summed E-state index contributed by atoms with van der Waals surface area (Å²) in [6, 6.07) is 5.16. The van der Waals surface area contributed by atoms with Gasteiger partial charge in [-0.25, -0.2) is 4.79 Å². The number of rotatable bonds is 5. The molecule has 0 radical (unpaired) electrons. The minimum Gasteiger partial charge on any atom is -0.464 e. The summed E-state index contributed by atoms with van der Waals surface area (Å²) in [6.45, 7) is 8.45. The van der Waals surface area contributed by atoms with Gasteiger partial charge in [0.05, 0.1) is 24.5 Å². The van der Waals surface area contributed by atoms with E-state index in [0.717, 1.165) is 23.4 Å². The number of hydrogen-bond acceptors (Lipinski definition) is 4. The van der Waals surface area contributed by atoms with Gasteiger partial charge in [0.25, 0.3) is 0 Å². The van der Waals surface area contributed by atoms with E-state index in [-0.39, 0.29) is 18.4 Å². The van der Waals surface area contributed by atoms with Crippen molar-refractivity contribution in [2.24, 2.45) is 5.92 Å². The monoisotopic (exact) mass is 304 g/mol. The zero-order valence-electron chi connectivity index (χ0n) is 13.7. The molecule has 0 spiro atoms.